The highest BCUT2D eigenvalue weighted by Gasteiger charge is 2.34. The van der Waals surface area contributed by atoms with E-state index >= 15 is 0 Å². The summed E-state index contributed by atoms with van der Waals surface area (Å²) in [6, 6.07) is 0. The number of hydrogen-bond acceptors (Lipinski definition) is 1. The van der Waals surface area contributed by atoms with Crippen molar-refractivity contribution in [1.29, 1.82) is 0 Å². The molecule has 4 atom stereocenters. The molecule has 4 unspecified atom stereocenters. The van der Waals surface area contributed by atoms with Gasteiger partial charge in [-0.05, 0) is 56.4 Å². The number of halogens is 1. The van der Waals surface area contributed by atoms with E-state index in [2.05, 4.69) is 19.2 Å². The number of rotatable bonds is 2. The largest absolute Gasteiger partial charge is 0.316 e. The zero-order valence-electron chi connectivity index (χ0n) is 10.7. The topological polar surface area (TPSA) is 12.0 Å². The molecule has 1 saturated carbocycles. The lowest BCUT2D eigenvalue weighted by atomic mass is 9.72. The lowest BCUT2D eigenvalue weighted by Gasteiger charge is -2.37. The third-order valence-corrected chi connectivity index (χ3v) is 4.45. The molecule has 0 spiro atoms. The van der Waals surface area contributed by atoms with Crippen molar-refractivity contribution in [2.45, 2.75) is 52.1 Å². The summed E-state index contributed by atoms with van der Waals surface area (Å²) in [5.74, 6) is 2.08. The highest BCUT2D eigenvalue weighted by Crippen LogP contribution is 2.38. The van der Waals surface area contributed by atoms with Gasteiger partial charge in [-0.15, -0.1) is 0 Å². The Morgan fingerprint density at radius 3 is 2.31 bits per heavy atom. The Morgan fingerprint density at radius 2 is 1.75 bits per heavy atom. The molecular weight excluding hydrogens is 201 g/mol. The summed E-state index contributed by atoms with van der Waals surface area (Å²) in [6.07, 6.45) is 5.21. The minimum Gasteiger partial charge on any atom is -0.316 e. The van der Waals surface area contributed by atoms with Crippen LogP contribution in [0.3, 0.4) is 0 Å². The maximum Gasteiger partial charge on any atom is 0.107 e. The highest BCUT2D eigenvalue weighted by molar-refractivity contribution is 4.85. The molecule has 2 fully saturated rings. The SMILES string of the molecule is CC1CC(C)CC(C(F)C2CCCNC2)C1. The Labute approximate surface area is 99.2 Å². The Balaban J connectivity index is 1.89. The quantitative estimate of drug-likeness (QED) is 0.762. The van der Waals surface area contributed by atoms with E-state index in [0.717, 1.165) is 50.6 Å². The molecule has 94 valence electrons. The summed E-state index contributed by atoms with van der Waals surface area (Å²) in [5, 5.41) is 3.34. The van der Waals surface area contributed by atoms with E-state index in [4.69, 9.17) is 0 Å². The molecule has 0 aromatic heterocycles. The van der Waals surface area contributed by atoms with Crippen LogP contribution in [0.15, 0.2) is 0 Å². The zero-order valence-corrected chi connectivity index (χ0v) is 10.7. The van der Waals surface area contributed by atoms with Crippen LogP contribution in [0.2, 0.25) is 0 Å². The van der Waals surface area contributed by atoms with Gasteiger partial charge in [-0.2, -0.15) is 0 Å². The average molecular weight is 227 g/mol. The molecular formula is C14H26FN. The molecule has 0 bridgehead atoms. The van der Waals surface area contributed by atoms with E-state index in [1.807, 2.05) is 0 Å². The standard InChI is InChI=1S/C14H26FN/c1-10-6-11(2)8-13(7-10)14(15)12-4-3-5-16-9-12/h10-14,16H,3-9H2,1-2H3. The second-order valence-corrected chi connectivity index (χ2v) is 6.23. The normalized spacial score (nSPS) is 42.9. The van der Waals surface area contributed by atoms with Gasteiger partial charge in [0.15, 0.2) is 0 Å². The van der Waals surface area contributed by atoms with E-state index in [9.17, 15) is 4.39 Å². The van der Waals surface area contributed by atoms with E-state index in [1.54, 1.807) is 0 Å². The van der Waals surface area contributed by atoms with Gasteiger partial charge in [0.1, 0.15) is 6.17 Å². The van der Waals surface area contributed by atoms with Crippen molar-refractivity contribution in [2.24, 2.45) is 23.7 Å². The van der Waals surface area contributed by atoms with E-state index < -0.39 is 6.17 Å². The molecule has 2 rings (SSSR count). The number of piperidine rings is 1. The van der Waals surface area contributed by atoms with Crippen LogP contribution in [0, 0.1) is 23.7 Å². The molecule has 1 nitrogen and oxygen atoms in total. The van der Waals surface area contributed by atoms with Crippen LogP contribution in [-0.2, 0) is 0 Å². The smallest absolute Gasteiger partial charge is 0.107 e. The van der Waals surface area contributed by atoms with Crippen LogP contribution in [0.5, 0.6) is 0 Å². The predicted molar refractivity (Wildman–Crippen MR) is 66.2 cm³/mol. The van der Waals surface area contributed by atoms with Crippen molar-refractivity contribution in [2.75, 3.05) is 13.1 Å². The number of hydrogen-bond donors (Lipinski definition) is 1. The third-order valence-electron chi connectivity index (χ3n) is 4.45. The molecule has 0 amide bonds. The third kappa shape index (κ3) is 2.97. The number of alkyl halides is 1. The Morgan fingerprint density at radius 1 is 1.06 bits per heavy atom. The molecule has 0 aromatic rings. The van der Waals surface area contributed by atoms with Gasteiger partial charge in [-0.1, -0.05) is 13.8 Å². The fourth-order valence-corrected chi connectivity index (χ4v) is 3.80. The van der Waals surface area contributed by atoms with Crippen LogP contribution < -0.4 is 5.32 Å². The summed E-state index contributed by atoms with van der Waals surface area (Å²) in [4.78, 5) is 0. The van der Waals surface area contributed by atoms with E-state index in [-0.39, 0.29) is 5.92 Å². The fourth-order valence-electron chi connectivity index (χ4n) is 3.80. The van der Waals surface area contributed by atoms with Gasteiger partial charge in [0.05, 0.1) is 0 Å². The molecule has 2 aliphatic rings. The minimum absolute atomic E-state index is 0.288. The van der Waals surface area contributed by atoms with Gasteiger partial charge in [0.25, 0.3) is 0 Å². The van der Waals surface area contributed by atoms with Crippen molar-refractivity contribution in [3.8, 4) is 0 Å². The highest BCUT2D eigenvalue weighted by atomic mass is 19.1. The van der Waals surface area contributed by atoms with Gasteiger partial charge < -0.3 is 5.32 Å². The first-order valence-corrected chi connectivity index (χ1v) is 7.01. The van der Waals surface area contributed by atoms with Gasteiger partial charge >= 0.3 is 0 Å². The molecule has 1 heterocycles. The van der Waals surface area contributed by atoms with Crippen LogP contribution in [0.4, 0.5) is 4.39 Å². The molecule has 1 saturated heterocycles. The van der Waals surface area contributed by atoms with Crippen molar-refractivity contribution in [3.05, 3.63) is 0 Å². The first-order chi connectivity index (χ1) is 7.66. The summed E-state index contributed by atoms with van der Waals surface area (Å²) in [5.41, 5.74) is 0. The summed E-state index contributed by atoms with van der Waals surface area (Å²) >= 11 is 0. The summed E-state index contributed by atoms with van der Waals surface area (Å²) in [6.45, 7) is 6.56. The zero-order chi connectivity index (χ0) is 11.5. The van der Waals surface area contributed by atoms with Crippen LogP contribution >= 0.6 is 0 Å². The van der Waals surface area contributed by atoms with Crippen molar-refractivity contribution in [1.82, 2.24) is 5.32 Å². The van der Waals surface area contributed by atoms with Gasteiger partial charge in [0.2, 0.25) is 0 Å². The van der Waals surface area contributed by atoms with Crippen molar-refractivity contribution >= 4 is 0 Å². The Kier molecular flexibility index (Phi) is 4.23. The lowest BCUT2D eigenvalue weighted by Crippen LogP contribution is -2.40. The van der Waals surface area contributed by atoms with Crippen molar-refractivity contribution in [3.63, 3.8) is 0 Å². The van der Waals surface area contributed by atoms with Crippen LogP contribution in [-0.4, -0.2) is 19.3 Å². The summed E-state index contributed by atoms with van der Waals surface area (Å²) in [7, 11) is 0. The summed E-state index contributed by atoms with van der Waals surface area (Å²) < 4.78 is 14.5. The maximum absolute atomic E-state index is 14.5. The maximum atomic E-state index is 14.5. The fraction of sp³-hybridized carbons (Fsp3) is 1.00. The number of nitrogens with one attached hydrogen (secondary N) is 1. The molecule has 1 aliphatic heterocycles. The minimum atomic E-state index is -0.557. The molecule has 1 N–H and O–H groups in total. The molecule has 0 aromatic carbocycles. The monoisotopic (exact) mass is 227 g/mol. The lowest BCUT2D eigenvalue weighted by molar-refractivity contribution is 0.0710. The molecule has 1 aliphatic carbocycles. The van der Waals surface area contributed by atoms with Gasteiger partial charge in [-0.25, -0.2) is 4.39 Å². The Hall–Kier alpha value is -0.110. The van der Waals surface area contributed by atoms with E-state index in [0.29, 0.717) is 5.92 Å². The van der Waals surface area contributed by atoms with Gasteiger partial charge in [0, 0.05) is 12.5 Å². The molecule has 16 heavy (non-hydrogen) atoms. The van der Waals surface area contributed by atoms with Crippen LogP contribution in [0.25, 0.3) is 0 Å². The predicted octanol–water partition coefficient (Wildman–Crippen LogP) is 3.40. The average Bonchev–Trinajstić information content (AvgIpc) is 2.28. The second-order valence-electron chi connectivity index (χ2n) is 6.23. The first-order valence-electron chi connectivity index (χ1n) is 7.01. The Bertz CT molecular complexity index is 203. The van der Waals surface area contributed by atoms with Gasteiger partial charge in [-0.3, -0.25) is 0 Å². The molecule has 0 radical (unpaired) electrons. The molecule has 2 heteroatoms. The van der Waals surface area contributed by atoms with Crippen LogP contribution in [0.1, 0.15) is 46.0 Å². The first kappa shape index (κ1) is 12.3. The second kappa shape index (κ2) is 5.48. The van der Waals surface area contributed by atoms with Crippen molar-refractivity contribution < 1.29 is 4.39 Å². The van der Waals surface area contributed by atoms with E-state index in [1.165, 1.54) is 6.42 Å².